The zero-order chi connectivity index (χ0) is 55.9. The number of carbonyl (C=O) groups excluding carboxylic acids is 9. The molecule has 4 aromatic rings. The van der Waals surface area contributed by atoms with Gasteiger partial charge >= 0.3 is 6.03 Å². The van der Waals surface area contributed by atoms with Gasteiger partial charge in [-0.15, -0.1) is 0 Å². The third-order valence-corrected chi connectivity index (χ3v) is 12.1. The van der Waals surface area contributed by atoms with Gasteiger partial charge in [0.25, 0.3) is 5.91 Å². The Morgan fingerprint density at radius 2 is 1.14 bits per heavy atom. The van der Waals surface area contributed by atoms with Crippen molar-refractivity contribution in [2.24, 2.45) is 34.0 Å². The fraction of sp³-hybridized carbons (Fsp3) is 0.423. The Balaban J connectivity index is 1.45. The molecule has 8 atom stereocenters. The maximum Gasteiger partial charge on any atom is 0.334 e. The van der Waals surface area contributed by atoms with Crippen LogP contribution in [0.2, 0.25) is 0 Å². The SMILES string of the molecule is CN=C(N)NCCC[C@H](NC(=O)[C@H](CC(C)C)NC(=O)NNC(=O)[C@H](Cc1ccccc1)NC(=O)[C@@H](NC(=O)[C@H](CC(N)=O)NC(=O)[C@@H](C)Cc1c[nH]c2ccccc12)[C@@H](C)O)C(=O)N[C@@H](Cc1ccccc1)C(N)=O. The first-order valence-corrected chi connectivity index (χ1v) is 24.9. The Morgan fingerprint density at radius 1 is 0.592 bits per heavy atom. The van der Waals surface area contributed by atoms with Gasteiger partial charge in [-0.3, -0.25) is 48.8 Å². The summed E-state index contributed by atoms with van der Waals surface area (Å²) in [5.74, 6) is -7.56. The molecule has 0 fully saturated rings. The van der Waals surface area contributed by atoms with Crippen LogP contribution in [-0.4, -0.2) is 125 Å². The average molecular weight is 1050 g/mol. The smallest absolute Gasteiger partial charge is 0.334 e. The second-order valence-corrected chi connectivity index (χ2v) is 18.8. The predicted octanol–water partition coefficient (Wildman–Crippen LogP) is -0.943. The van der Waals surface area contributed by atoms with E-state index in [1.165, 1.54) is 14.0 Å². The number of aliphatic imine (C=N–C) groups is 1. The number of carbonyl (C=O) groups is 9. The molecule has 0 bridgehead atoms. The van der Waals surface area contributed by atoms with E-state index < -0.39 is 108 Å². The van der Waals surface area contributed by atoms with Crippen molar-refractivity contribution in [2.45, 2.75) is 115 Å². The minimum Gasteiger partial charge on any atom is -0.391 e. The largest absolute Gasteiger partial charge is 0.391 e. The molecule has 0 saturated heterocycles. The average Bonchev–Trinajstić information content (AvgIpc) is 3.79. The van der Waals surface area contributed by atoms with E-state index in [0.717, 1.165) is 22.0 Å². The van der Waals surface area contributed by atoms with Crippen LogP contribution in [0.5, 0.6) is 0 Å². The molecule has 0 aliphatic carbocycles. The van der Waals surface area contributed by atoms with E-state index in [4.69, 9.17) is 17.2 Å². The van der Waals surface area contributed by atoms with Crippen molar-refractivity contribution < 1.29 is 48.3 Å². The number of aliphatic hydroxyl groups is 1. The minimum absolute atomic E-state index is 0.0556. The Morgan fingerprint density at radius 3 is 1.74 bits per heavy atom. The van der Waals surface area contributed by atoms with E-state index in [1.807, 2.05) is 24.3 Å². The number of aliphatic hydroxyl groups excluding tert-OH is 1. The molecule has 24 nitrogen and oxygen atoms in total. The summed E-state index contributed by atoms with van der Waals surface area (Å²) >= 11 is 0. The normalized spacial score (nSPS) is 14.5. The number of aromatic amines is 1. The molecular formula is C52H72N14O10. The number of nitrogens with two attached hydrogens (primary N) is 3. The summed E-state index contributed by atoms with van der Waals surface area (Å²) in [7, 11) is 1.49. The van der Waals surface area contributed by atoms with E-state index >= 15 is 0 Å². The number of aromatic nitrogens is 1. The molecule has 17 N–H and O–H groups in total. The third kappa shape index (κ3) is 19.7. The molecule has 0 unspecified atom stereocenters. The first-order chi connectivity index (χ1) is 36.1. The van der Waals surface area contributed by atoms with E-state index in [0.29, 0.717) is 12.0 Å². The number of para-hydroxylation sites is 1. The molecule has 0 spiro atoms. The quantitative estimate of drug-likeness (QED) is 0.0142. The molecule has 76 heavy (non-hydrogen) atoms. The molecule has 1 heterocycles. The number of amides is 10. The number of urea groups is 1. The van der Waals surface area contributed by atoms with Crippen LogP contribution < -0.4 is 65.3 Å². The van der Waals surface area contributed by atoms with E-state index in [1.54, 1.807) is 87.6 Å². The first kappa shape index (κ1) is 60.0. The topological polar surface area (TPSA) is 388 Å². The van der Waals surface area contributed by atoms with Crippen LogP contribution >= 0.6 is 0 Å². The van der Waals surface area contributed by atoms with Gasteiger partial charge in [-0.1, -0.05) is 99.6 Å². The van der Waals surface area contributed by atoms with Gasteiger partial charge in [0, 0.05) is 49.5 Å². The van der Waals surface area contributed by atoms with Crippen LogP contribution in [0.3, 0.4) is 0 Å². The van der Waals surface area contributed by atoms with Crippen molar-refractivity contribution in [1.29, 1.82) is 0 Å². The molecule has 0 aliphatic heterocycles. The first-order valence-electron chi connectivity index (χ1n) is 24.9. The van der Waals surface area contributed by atoms with E-state index in [9.17, 15) is 48.3 Å². The maximum absolute atomic E-state index is 14.0. The van der Waals surface area contributed by atoms with Crippen LogP contribution in [-0.2, 0) is 57.6 Å². The molecule has 10 amide bonds. The Kier molecular flexibility index (Phi) is 23.7. The molecule has 4 rings (SSSR count). The summed E-state index contributed by atoms with van der Waals surface area (Å²) in [5, 5.41) is 29.8. The van der Waals surface area contributed by atoms with Crippen LogP contribution in [0.1, 0.15) is 70.1 Å². The van der Waals surface area contributed by atoms with Crippen molar-refractivity contribution in [3.05, 3.63) is 108 Å². The van der Waals surface area contributed by atoms with Crippen LogP contribution in [0.4, 0.5) is 4.79 Å². The van der Waals surface area contributed by atoms with Gasteiger partial charge in [-0.05, 0) is 61.3 Å². The Hall–Kier alpha value is -8.54. The number of primary amides is 2. The summed E-state index contributed by atoms with van der Waals surface area (Å²) in [6.07, 6.45) is 0.165. The molecule has 24 heteroatoms. The zero-order valence-electron chi connectivity index (χ0n) is 43.3. The predicted molar refractivity (Wildman–Crippen MR) is 284 cm³/mol. The lowest BCUT2D eigenvalue weighted by atomic mass is 9.99. The molecule has 3 aromatic carbocycles. The van der Waals surface area contributed by atoms with E-state index in [-0.39, 0.29) is 50.5 Å². The van der Waals surface area contributed by atoms with Crippen molar-refractivity contribution in [2.75, 3.05) is 13.6 Å². The summed E-state index contributed by atoms with van der Waals surface area (Å²) in [6, 6.07) is 15.4. The molecule has 0 radical (unpaired) electrons. The minimum atomic E-state index is -1.74. The molecule has 0 aliphatic rings. The summed E-state index contributed by atoms with van der Waals surface area (Å²) in [5.41, 5.74) is 24.3. The number of guanidine groups is 1. The van der Waals surface area contributed by atoms with Gasteiger partial charge in [-0.25, -0.2) is 10.2 Å². The zero-order valence-corrected chi connectivity index (χ0v) is 43.3. The fourth-order valence-electron chi connectivity index (χ4n) is 8.02. The van der Waals surface area contributed by atoms with Crippen molar-refractivity contribution in [3.63, 3.8) is 0 Å². The lowest BCUT2D eigenvalue weighted by Crippen LogP contribution is -2.62. The number of benzene rings is 3. The Labute approximate surface area is 440 Å². The number of rotatable bonds is 28. The molecule has 1 aromatic heterocycles. The van der Waals surface area contributed by atoms with Crippen molar-refractivity contribution >= 4 is 70.2 Å². The number of hydrogen-bond donors (Lipinski definition) is 14. The van der Waals surface area contributed by atoms with Crippen molar-refractivity contribution in [1.82, 2.24) is 53.1 Å². The highest BCUT2D eigenvalue weighted by molar-refractivity contribution is 5.98. The van der Waals surface area contributed by atoms with Gasteiger partial charge in [0.05, 0.1) is 12.5 Å². The summed E-state index contributed by atoms with van der Waals surface area (Å²) in [4.78, 5) is 128. The van der Waals surface area contributed by atoms with Crippen LogP contribution in [0.25, 0.3) is 10.9 Å². The number of fused-ring (bicyclic) bond motifs is 1. The fourth-order valence-corrected chi connectivity index (χ4v) is 8.02. The third-order valence-electron chi connectivity index (χ3n) is 12.1. The Bertz CT molecular complexity index is 2650. The number of H-pyrrole nitrogens is 1. The van der Waals surface area contributed by atoms with Crippen molar-refractivity contribution in [3.8, 4) is 0 Å². The number of hydrogen-bond acceptors (Lipinski definition) is 11. The highest BCUT2D eigenvalue weighted by Gasteiger charge is 2.35. The second-order valence-electron chi connectivity index (χ2n) is 18.8. The highest BCUT2D eigenvalue weighted by Crippen LogP contribution is 2.21. The maximum atomic E-state index is 14.0. The lowest BCUT2D eigenvalue weighted by molar-refractivity contribution is -0.137. The standard InChI is InChI=1S/C52H72N14O10/c1-29(2)23-39(47(72)59-37(21-14-22-57-51(55)56-5)46(71)60-38(44(54)69)25-32-15-8-6-9-16-32)63-52(76)66-65-49(74)40(26-33-17-10-7-11-18-33)62-50(75)43(31(4)67)64-48(73)41(27-42(53)68)61-45(70)30(3)24-34-28-58-36-20-13-12-19-35(34)36/h6-13,15-20,28-31,37-41,43,58,67H,14,21-27H2,1-5H3,(H2,53,68)(H2,54,69)(H,59,72)(H,60,71)(H,61,70)(H,62,75)(H,64,73)(H,65,74)(H3,55,56,57)(H2,63,66,76)/t30-,31+,37-,38-,39-,40-,41-,43-/m0/s1. The van der Waals surface area contributed by atoms with E-state index in [2.05, 4.69) is 58.0 Å². The summed E-state index contributed by atoms with van der Waals surface area (Å²) in [6.45, 7) is 6.69. The van der Waals surface area contributed by atoms with Crippen LogP contribution in [0.15, 0.2) is 96.1 Å². The van der Waals surface area contributed by atoms with Gasteiger partial charge in [-0.2, -0.15) is 0 Å². The van der Waals surface area contributed by atoms with Gasteiger partial charge in [0.2, 0.25) is 41.4 Å². The number of hydrazine groups is 1. The second kappa shape index (κ2) is 30.0. The number of nitrogens with one attached hydrogen (secondary N) is 10. The molecule has 0 saturated carbocycles. The molecular weight excluding hydrogens is 981 g/mol. The monoisotopic (exact) mass is 1050 g/mol. The molecule has 410 valence electrons. The van der Waals surface area contributed by atoms with Gasteiger partial charge < -0.3 is 64.5 Å². The van der Waals surface area contributed by atoms with Gasteiger partial charge in [0.1, 0.15) is 36.3 Å². The van der Waals surface area contributed by atoms with Crippen LogP contribution in [0, 0.1) is 11.8 Å². The van der Waals surface area contributed by atoms with Gasteiger partial charge in [0.15, 0.2) is 5.96 Å². The lowest BCUT2D eigenvalue weighted by Gasteiger charge is -2.27. The highest BCUT2D eigenvalue weighted by atomic mass is 16.3. The summed E-state index contributed by atoms with van der Waals surface area (Å²) < 4.78 is 0. The number of nitrogens with zero attached hydrogens (tertiary/aromatic N) is 1.